The number of nitrogens with zero attached hydrogens (tertiary/aromatic N) is 2. The molecule has 0 aliphatic carbocycles. The lowest BCUT2D eigenvalue weighted by molar-refractivity contribution is 0.0694. The topological polar surface area (TPSA) is 70.5 Å². The van der Waals surface area contributed by atoms with E-state index in [9.17, 15) is 9.59 Å². The quantitative estimate of drug-likeness (QED) is 0.768. The molecule has 4 rings (SSSR count). The van der Waals surface area contributed by atoms with Crippen molar-refractivity contribution < 1.29 is 14.7 Å². The Morgan fingerprint density at radius 2 is 1.81 bits per heavy atom. The van der Waals surface area contributed by atoms with E-state index in [0.717, 1.165) is 35.9 Å². The fourth-order valence-corrected chi connectivity index (χ4v) is 3.78. The minimum atomic E-state index is -0.926. The summed E-state index contributed by atoms with van der Waals surface area (Å²) in [5, 5.41) is 10.0. The second-order valence-electron chi connectivity index (χ2n) is 6.90. The molecule has 0 bridgehead atoms. The standard InChI is InChI=1S/C22H20N2O3/c25-21(19-7-1-4-16-5-2-12-23-20(16)19)24-13-3-6-18(14-24)15-8-10-17(11-9-15)22(26)27/h1-2,4-5,7-12,18H,3,6,13-14H2,(H,26,27)/t18-/m0/s1. The third-order valence-corrected chi connectivity index (χ3v) is 5.20. The van der Waals surface area contributed by atoms with E-state index in [-0.39, 0.29) is 17.4 Å². The SMILES string of the molecule is O=C(O)c1ccc([C@H]2CCCN(C(=O)c3cccc4cccnc34)C2)cc1. The van der Waals surface area contributed by atoms with Crippen LogP contribution in [0.15, 0.2) is 60.8 Å². The Kier molecular flexibility index (Phi) is 4.59. The molecule has 1 amide bonds. The van der Waals surface area contributed by atoms with Crippen LogP contribution < -0.4 is 0 Å². The number of hydrogen-bond donors (Lipinski definition) is 1. The van der Waals surface area contributed by atoms with Gasteiger partial charge in [0.05, 0.1) is 16.6 Å². The molecule has 1 aromatic heterocycles. The highest BCUT2D eigenvalue weighted by atomic mass is 16.4. The van der Waals surface area contributed by atoms with Crippen LogP contribution in [-0.4, -0.2) is 40.0 Å². The van der Waals surface area contributed by atoms with Gasteiger partial charge in [0.15, 0.2) is 0 Å². The average Bonchev–Trinajstić information content (AvgIpc) is 2.73. The summed E-state index contributed by atoms with van der Waals surface area (Å²) in [6.45, 7) is 1.36. The Morgan fingerprint density at radius 3 is 2.59 bits per heavy atom. The number of carboxylic acid groups (broad SMARTS) is 1. The molecule has 1 aliphatic heterocycles. The molecular weight excluding hydrogens is 340 g/mol. The van der Waals surface area contributed by atoms with Gasteiger partial charge in [-0.3, -0.25) is 9.78 Å². The third kappa shape index (κ3) is 3.40. The van der Waals surface area contributed by atoms with Crippen molar-refractivity contribution in [3.63, 3.8) is 0 Å². The van der Waals surface area contributed by atoms with Gasteiger partial charge in [0, 0.05) is 30.6 Å². The van der Waals surface area contributed by atoms with Gasteiger partial charge < -0.3 is 10.0 Å². The summed E-state index contributed by atoms with van der Waals surface area (Å²) in [4.78, 5) is 30.5. The number of likely N-dealkylation sites (tertiary alicyclic amines) is 1. The second-order valence-corrected chi connectivity index (χ2v) is 6.90. The molecule has 1 atom stereocenters. The van der Waals surface area contributed by atoms with E-state index in [1.807, 2.05) is 47.4 Å². The number of aromatic carboxylic acids is 1. The molecule has 0 radical (unpaired) electrons. The van der Waals surface area contributed by atoms with Gasteiger partial charge in [-0.25, -0.2) is 4.79 Å². The van der Waals surface area contributed by atoms with Crippen molar-refractivity contribution in [1.29, 1.82) is 0 Å². The molecule has 0 unspecified atom stereocenters. The van der Waals surface area contributed by atoms with Crippen molar-refractivity contribution in [2.75, 3.05) is 13.1 Å². The molecule has 0 saturated carbocycles. The van der Waals surface area contributed by atoms with E-state index in [1.165, 1.54) is 0 Å². The molecule has 3 aromatic rings. The summed E-state index contributed by atoms with van der Waals surface area (Å²) in [7, 11) is 0. The van der Waals surface area contributed by atoms with E-state index >= 15 is 0 Å². The minimum Gasteiger partial charge on any atom is -0.478 e. The number of pyridine rings is 1. The van der Waals surface area contributed by atoms with Gasteiger partial charge in [-0.2, -0.15) is 0 Å². The van der Waals surface area contributed by atoms with E-state index in [1.54, 1.807) is 18.3 Å². The first kappa shape index (κ1) is 17.2. The third-order valence-electron chi connectivity index (χ3n) is 5.20. The number of benzene rings is 2. The largest absolute Gasteiger partial charge is 0.478 e. The number of aromatic nitrogens is 1. The van der Waals surface area contributed by atoms with E-state index < -0.39 is 5.97 Å². The van der Waals surface area contributed by atoms with Crippen LogP contribution in [0.4, 0.5) is 0 Å². The molecule has 2 heterocycles. The maximum Gasteiger partial charge on any atom is 0.335 e. The van der Waals surface area contributed by atoms with Crippen molar-refractivity contribution >= 4 is 22.8 Å². The van der Waals surface area contributed by atoms with Crippen LogP contribution in [0, 0.1) is 0 Å². The Bertz CT molecular complexity index is 993. The van der Waals surface area contributed by atoms with Crippen LogP contribution >= 0.6 is 0 Å². The number of amides is 1. The summed E-state index contributed by atoms with van der Waals surface area (Å²) in [5.74, 6) is -0.704. The smallest absolute Gasteiger partial charge is 0.335 e. The number of carboxylic acids is 1. The lowest BCUT2D eigenvalue weighted by Gasteiger charge is -2.33. The highest BCUT2D eigenvalue weighted by molar-refractivity contribution is 6.05. The fraction of sp³-hybridized carbons (Fsp3) is 0.227. The number of carbonyl (C=O) groups excluding carboxylic acids is 1. The van der Waals surface area contributed by atoms with Crippen molar-refractivity contribution in [2.45, 2.75) is 18.8 Å². The number of rotatable bonds is 3. The molecule has 1 N–H and O–H groups in total. The van der Waals surface area contributed by atoms with Gasteiger partial charge in [0.25, 0.3) is 5.91 Å². The first-order chi connectivity index (χ1) is 13.1. The van der Waals surface area contributed by atoms with Crippen LogP contribution in [0.2, 0.25) is 0 Å². The summed E-state index contributed by atoms with van der Waals surface area (Å²) in [5.41, 5.74) is 2.73. The average molecular weight is 360 g/mol. The molecule has 5 nitrogen and oxygen atoms in total. The maximum atomic E-state index is 13.1. The second kappa shape index (κ2) is 7.19. The van der Waals surface area contributed by atoms with Gasteiger partial charge in [-0.15, -0.1) is 0 Å². The first-order valence-corrected chi connectivity index (χ1v) is 9.10. The Morgan fingerprint density at radius 1 is 1.04 bits per heavy atom. The van der Waals surface area contributed by atoms with Crippen molar-refractivity contribution in [1.82, 2.24) is 9.88 Å². The number of para-hydroxylation sites is 1. The first-order valence-electron chi connectivity index (χ1n) is 9.10. The van der Waals surface area contributed by atoms with Crippen molar-refractivity contribution in [2.24, 2.45) is 0 Å². The van der Waals surface area contributed by atoms with Crippen LogP contribution in [0.1, 0.15) is 45.0 Å². The molecule has 136 valence electrons. The zero-order valence-electron chi connectivity index (χ0n) is 14.8. The van der Waals surface area contributed by atoms with E-state index in [4.69, 9.17) is 5.11 Å². The molecule has 0 spiro atoms. The normalized spacial score (nSPS) is 17.0. The zero-order chi connectivity index (χ0) is 18.8. The zero-order valence-corrected chi connectivity index (χ0v) is 14.8. The Labute approximate surface area is 157 Å². The Balaban J connectivity index is 1.57. The molecule has 5 heteroatoms. The minimum absolute atomic E-state index is 0.00570. The monoisotopic (exact) mass is 360 g/mol. The fourth-order valence-electron chi connectivity index (χ4n) is 3.78. The summed E-state index contributed by atoms with van der Waals surface area (Å²) in [6, 6.07) is 16.5. The molecule has 1 fully saturated rings. The number of piperidine rings is 1. The highest BCUT2D eigenvalue weighted by Gasteiger charge is 2.26. The summed E-state index contributed by atoms with van der Waals surface area (Å²) < 4.78 is 0. The van der Waals surface area contributed by atoms with Crippen LogP contribution in [0.25, 0.3) is 10.9 Å². The van der Waals surface area contributed by atoms with Crippen LogP contribution in [0.3, 0.4) is 0 Å². The molecule has 1 saturated heterocycles. The summed E-state index contributed by atoms with van der Waals surface area (Å²) in [6.07, 6.45) is 3.63. The van der Waals surface area contributed by atoms with Crippen LogP contribution in [0.5, 0.6) is 0 Å². The van der Waals surface area contributed by atoms with Gasteiger partial charge >= 0.3 is 5.97 Å². The number of fused-ring (bicyclic) bond motifs is 1. The predicted octanol–water partition coefficient (Wildman–Crippen LogP) is 3.95. The predicted molar refractivity (Wildman–Crippen MR) is 103 cm³/mol. The maximum absolute atomic E-state index is 13.1. The number of hydrogen-bond acceptors (Lipinski definition) is 3. The summed E-state index contributed by atoms with van der Waals surface area (Å²) >= 11 is 0. The highest BCUT2D eigenvalue weighted by Crippen LogP contribution is 2.29. The van der Waals surface area contributed by atoms with Gasteiger partial charge in [0.1, 0.15) is 0 Å². The lowest BCUT2D eigenvalue weighted by atomic mass is 9.89. The van der Waals surface area contributed by atoms with Crippen molar-refractivity contribution in [3.05, 3.63) is 77.5 Å². The van der Waals surface area contributed by atoms with Gasteiger partial charge in [-0.1, -0.05) is 30.3 Å². The van der Waals surface area contributed by atoms with Gasteiger partial charge in [-0.05, 0) is 42.7 Å². The van der Waals surface area contributed by atoms with E-state index in [2.05, 4.69) is 4.98 Å². The van der Waals surface area contributed by atoms with Gasteiger partial charge in [0.2, 0.25) is 0 Å². The van der Waals surface area contributed by atoms with Crippen molar-refractivity contribution in [3.8, 4) is 0 Å². The molecular formula is C22H20N2O3. The number of carbonyl (C=O) groups is 2. The van der Waals surface area contributed by atoms with Crippen LogP contribution in [-0.2, 0) is 0 Å². The Hall–Kier alpha value is -3.21. The van der Waals surface area contributed by atoms with E-state index in [0.29, 0.717) is 12.1 Å². The molecule has 2 aromatic carbocycles. The lowest BCUT2D eigenvalue weighted by Crippen LogP contribution is -2.39. The molecule has 27 heavy (non-hydrogen) atoms. The molecule has 1 aliphatic rings.